The molecule has 2 rings (SSSR count). The summed E-state index contributed by atoms with van der Waals surface area (Å²) in [5, 5.41) is 15.1. The van der Waals surface area contributed by atoms with Crippen molar-refractivity contribution in [2.24, 2.45) is 0 Å². The molecule has 1 unspecified atom stereocenters. The van der Waals surface area contributed by atoms with Gasteiger partial charge in [-0.2, -0.15) is 0 Å². The Bertz CT molecular complexity index is 769. The molecule has 0 saturated carbocycles. The van der Waals surface area contributed by atoms with E-state index in [1.54, 1.807) is 12.1 Å². The molecule has 7 heteroatoms. The van der Waals surface area contributed by atoms with Gasteiger partial charge in [0, 0.05) is 13.0 Å². The van der Waals surface area contributed by atoms with Crippen LogP contribution in [0.3, 0.4) is 0 Å². The molecule has 0 aliphatic rings. The van der Waals surface area contributed by atoms with Crippen LogP contribution < -0.4 is 10.6 Å². The number of halogens is 1. The molecule has 0 heterocycles. The topological polar surface area (TPSA) is 87.7 Å². The van der Waals surface area contributed by atoms with E-state index in [0.717, 1.165) is 24.0 Å². The first-order valence-electron chi connectivity index (χ1n) is 10.1. The molecule has 0 spiro atoms. The van der Waals surface area contributed by atoms with Crippen LogP contribution in [-0.4, -0.2) is 36.7 Å². The van der Waals surface area contributed by atoms with E-state index in [9.17, 15) is 19.1 Å². The second kappa shape index (κ2) is 13.5. The quantitative estimate of drug-likeness (QED) is 0.438. The summed E-state index contributed by atoms with van der Waals surface area (Å²) in [5.74, 6) is -0.613. The minimum atomic E-state index is -0.395. The molecule has 0 aliphatic heterocycles. The Labute approximate surface area is 176 Å². The van der Waals surface area contributed by atoms with Gasteiger partial charge < -0.3 is 20.5 Å². The Balaban J connectivity index is 1.50. The molecule has 6 nitrogen and oxygen atoms in total. The number of hydrogen-bond donors (Lipinski definition) is 3. The minimum Gasteiger partial charge on any atom is -0.394 e. The van der Waals surface area contributed by atoms with E-state index in [1.165, 1.54) is 12.1 Å². The number of ether oxygens (including phenoxy) is 1. The summed E-state index contributed by atoms with van der Waals surface area (Å²) in [5.41, 5.74) is 1.68. The summed E-state index contributed by atoms with van der Waals surface area (Å²) < 4.78 is 18.1. The van der Waals surface area contributed by atoms with Gasteiger partial charge in [0.05, 0.1) is 19.3 Å². The van der Waals surface area contributed by atoms with E-state index in [1.807, 2.05) is 30.3 Å². The van der Waals surface area contributed by atoms with Gasteiger partial charge in [0.25, 0.3) is 0 Å². The zero-order valence-electron chi connectivity index (χ0n) is 17.0. The molecule has 0 saturated heterocycles. The molecule has 0 bridgehead atoms. The monoisotopic (exact) mass is 416 g/mol. The summed E-state index contributed by atoms with van der Waals surface area (Å²) in [4.78, 5) is 23.8. The third kappa shape index (κ3) is 9.15. The van der Waals surface area contributed by atoms with Gasteiger partial charge in [-0.1, -0.05) is 48.9 Å². The Morgan fingerprint density at radius 2 is 1.70 bits per heavy atom. The number of hydrogen-bond acceptors (Lipinski definition) is 4. The third-order valence-corrected chi connectivity index (χ3v) is 4.54. The maximum atomic E-state index is 12.8. The summed E-state index contributed by atoms with van der Waals surface area (Å²) >= 11 is 0. The van der Waals surface area contributed by atoms with Crippen molar-refractivity contribution in [3.8, 4) is 0 Å². The number of amides is 2. The average molecular weight is 416 g/mol. The van der Waals surface area contributed by atoms with Crippen molar-refractivity contribution < 1.29 is 23.8 Å². The maximum absolute atomic E-state index is 12.8. The Morgan fingerprint density at radius 3 is 2.40 bits per heavy atom. The number of carbonyl (C=O) groups is 2. The molecule has 2 amide bonds. The van der Waals surface area contributed by atoms with Crippen molar-refractivity contribution in [2.45, 2.75) is 38.3 Å². The molecule has 162 valence electrons. The van der Waals surface area contributed by atoms with Gasteiger partial charge in [-0.25, -0.2) is 4.39 Å². The van der Waals surface area contributed by atoms with E-state index in [-0.39, 0.29) is 37.5 Å². The first-order valence-corrected chi connectivity index (χ1v) is 10.1. The fraction of sp³-hybridized carbons (Fsp3) is 0.391. The predicted molar refractivity (Wildman–Crippen MR) is 112 cm³/mol. The fourth-order valence-corrected chi connectivity index (χ4v) is 2.89. The van der Waals surface area contributed by atoms with Gasteiger partial charge in [0.1, 0.15) is 12.4 Å². The van der Waals surface area contributed by atoms with E-state index in [4.69, 9.17) is 4.74 Å². The summed E-state index contributed by atoms with van der Waals surface area (Å²) in [6.45, 7) is 0.567. The molecule has 0 aliphatic carbocycles. The highest BCUT2D eigenvalue weighted by atomic mass is 19.1. The molecule has 0 radical (unpaired) electrons. The molecular weight excluding hydrogens is 387 g/mol. The zero-order chi connectivity index (χ0) is 21.6. The highest BCUT2D eigenvalue weighted by Crippen LogP contribution is 2.12. The van der Waals surface area contributed by atoms with Crippen molar-refractivity contribution in [1.29, 1.82) is 0 Å². The number of aliphatic hydroxyl groups is 1. The molecule has 2 aromatic rings. The van der Waals surface area contributed by atoms with Crippen molar-refractivity contribution in [3.05, 3.63) is 71.5 Å². The van der Waals surface area contributed by atoms with Crippen LogP contribution >= 0.6 is 0 Å². The molecule has 0 fully saturated rings. The molecule has 0 aromatic heterocycles. The number of rotatable bonds is 13. The summed E-state index contributed by atoms with van der Waals surface area (Å²) in [6, 6.07) is 14.9. The Morgan fingerprint density at radius 1 is 0.967 bits per heavy atom. The SMILES string of the molecule is O=C(COCc1ccc(F)cc1)NCCCCCC(=O)NC(CO)c1ccccc1. The van der Waals surface area contributed by atoms with Gasteiger partial charge in [-0.15, -0.1) is 0 Å². The molecular formula is C23H29FN2O4. The smallest absolute Gasteiger partial charge is 0.246 e. The van der Waals surface area contributed by atoms with Crippen LogP contribution in [-0.2, 0) is 20.9 Å². The lowest BCUT2D eigenvalue weighted by atomic mass is 10.1. The lowest BCUT2D eigenvalue weighted by Crippen LogP contribution is -2.30. The van der Waals surface area contributed by atoms with Gasteiger partial charge >= 0.3 is 0 Å². The average Bonchev–Trinajstić information content (AvgIpc) is 2.76. The van der Waals surface area contributed by atoms with Crippen molar-refractivity contribution in [3.63, 3.8) is 0 Å². The number of benzene rings is 2. The van der Waals surface area contributed by atoms with E-state index in [2.05, 4.69) is 10.6 Å². The van der Waals surface area contributed by atoms with Crippen molar-refractivity contribution >= 4 is 11.8 Å². The molecule has 1 atom stereocenters. The van der Waals surface area contributed by atoms with Gasteiger partial charge in [-0.3, -0.25) is 9.59 Å². The van der Waals surface area contributed by atoms with Crippen LogP contribution in [0.25, 0.3) is 0 Å². The second-order valence-electron chi connectivity index (χ2n) is 6.99. The first-order chi connectivity index (χ1) is 14.6. The van der Waals surface area contributed by atoms with Crippen LogP contribution in [0.1, 0.15) is 42.9 Å². The Hall–Kier alpha value is -2.77. The van der Waals surface area contributed by atoms with Gasteiger partial charge in [0.15, 0.2) is 0 Å². The first kappa shape index (κ1) is 23.5. The van der Waals surface area contributed by atoms with E-state index in [0.29, 0.717) is 19.4 Å². The van der Waals surface area contributed by atoms with Gasteiger partial charge in [-0.05, 0) is 36.1 Å². The van der Waals surface area contributed by atoms with Crippen LogP contribution in [0.15, 0.2) is 54.6 Å². The predicted octanol–water partition coefficient (Wildman–Crippen LogP) is 2.87. The summed E-state index contributed by atoms with van der Waals surface area (Å²) in [7, 11) is 0. The van der Waals surface area contributed by atoms with Crippen LogP contribution in [0.2, 0.25) is 0 Å². The standard InChI is InChI=1S/C23H29FN2O4/c24-20-12-10-18(11-13-20)16-30-17-23(29)25-14-6-2-5-9-22(28)26-21(15-27)19-7-3-1-4-8-19/h1,3-4,7-8,10-13,21,27H,2,5-6,9,14-17H2,(H,25,29)(H,26,28). The lowest BCUT2D eigenvalue weighted by Gasteiger charge is -2.16. The maximum Gasteiger partial charge on any atom is 0.246 e. The lowest BCUT2D eigenvalue weighted by molar-refractivity contribution is -0.126. The van der Waals surface area contributed by atoms with E-state index >= 15 is 0 Å². The minimum absolute atomic E-state index is 0.0538. The highest BCUT2D eigenvalue weighted by Gasteiger charge is 2.12. The number of nitrogens with one attached hydrogen (secondary N) is 2. The Kier molecular flexibility index (Phi) is 10.5. The van der Waals surface area contributed by atoms with Crippen molar-refractivity contribution in [2.75, 3.05) is 19.8 Å². The zero-order valence-corrected chi connectivity index (χ0v) is 17.0. The molecule has 30 heavy (non-hydrogen) atoms. The number of aliphatic hydroxyl groups excluding tert-OH is 1. The highest BCUT2D eigenvalue weighted by molar-refractivity contribution is 5.77. The third-order valence-electron chi connectivity index (χ3n) is 4.54. The molecule has 3 N–H and O–H groups in total. The number of unbranched alkanes of at least 4 members (excludes halogenated alkanes) is 2. The summed E-state index contributed by atoms with van der Waals surface area (Å²) in [6.07, 6.45) is 2.64. The second-order valence-corrected chi connectivity index (χ2v) is 6.99. The van der Waals surface area contributed by atoms with E-state index < -0.39 is 6.04 Å². The number of carbonyl (C=O) groups excluding carboxylic acids is 2. The molecule has 2 aromatic carbocycles. The fourth-order valence-electron chi connectivity index (χ4n) is 2.89. The van der Waals surface area contributed by atoms with Crippen molar-refractivity contribution in [1.82, 2.24) is 10.6 Å². The largest absolute Gasteiger partial charge is 0.394 e. The van der Waals surface area contributed by atoms with Crippen LogP contribution in [0.5, 0.6) is 0 Å². The van der Waals surface area contributed by atoms with Crippen LogP contribution in [0, 0.1) is 5.82 Å². The normalized spacial score (nSPS) is 11.7. The van der Waals surface area contributed by atoms with Gasteiger partial charge in [0.2, 0.25) is 11.8 Å². The van der Waals surface area contributed by atoms with Crippen LogP contribution in [0.4, 0.5) is 4.39 Å².